The largest absolute Gasteiger partial charge is 0.508 e. The highest BCUT2D eigenvalue weighted by molar-refractivity contribution is 6.12. The number of benzene rings is 2. The van der Waals surface area contributed by atoms with E-state index < -0.39 is 23.5 Å². The molecule has 3 aliphatic heterocycles. The van der Waals surface area contributed by atoms with E-state index in [4.69, 9.17) is 4.74 Å². The minimum absolute atomic E-state index is 0.115. The third kappa shape index (κ3) is 2.73. The molecule has 2 fully saturated rings. The van der Waals surface area contributed by atoms with Gasteiger partial charge in [0.05, 0.1) is 6.04 Å². The van der Waals surface area contributed by atoms with E-state index in [0.29, 0.717) is 31.7 Å². The summed E-state index contributed by atoms with van der Waals surface area (Å²) in [7, 11) is 1.76. The lowest BCUT2D eigenvalue weighted by Crippen LogP contribution is -2.55. The van der Waals surface area contributed by atoms with Gasteiger partial charge in [-0.2, -0.15) is 0 Å². The van der Waals surface area contributed by atoms with Gasteiger partial charge in [-0.15, -0.1) is 0 Å². The summed E-state index contributed by atoms with van der Waals surface area (Å²) in [5.41, 5.74) is 7.48. The average Bonchev–Trinajstić information content (AvgIpc) is 3.41. The van der Waals surface area contributed by atoms with Gasteiger partial charge in [-0.05, 0) is 25.5 Å². The van der Waals surface area contributed by atoms with Crippen molar-refractivity contribution >= 4 is 17.5 Å². The van der Waals surface area contributed by atoms with Crippen molar-refractivity contribution in [3.05, 3.63) is 59.7 Å². The highest BCUT2D eigenvalue weighted by Crippen LogP contribution is 2.58. The van der Waals surface area contributed by atoms with Crippen molar-refractivity contribution in [1.29, 1.82) is 0 Å². The lowest BCUT2D eigenvalue weighted by atomic mass is 9.73. The third-order valence-electron chi connectivity index (χ3n) is 7.01. The van der Waals surface area contributed by atoms with E-state index in [1.165, 1.54) is 0 Å². The molecule has 8 nitrogen and oxygen atoms in total. The van der Waals surface area contributed by atoms with Crippen molar-refractivity contribution in [2.75, 3.05) is 31.7 Å². The molecule has 168 valence electrons. The van der Waals surface area contributed by atoms with Gasteiger partial charge in [0, 0.05) is 49.5 Å². The minimum Gasteiger partial charge on any atom is -0.508 e. The van der Waals surface area contributed by atoms with Crippen LogP contribution in [0.15, 0.2) is 48.5 Å². The molecule has 0 radical (unpaired) electrons. The molecule has 0 aliphatic carbocycles. The molecule has 5 rings (SSSR count). The molecular formula is C24H28N4O4. The zero-order valence-electron chi connectivity index (χ0n) is 18.2. The first-order valence-corrected chi connectivity index (χ1v) is 11.1. The van der Waals surface area contributed by atoms with Crippen LogP contribution >= 0.6 is 0 Å². The van der Waals surface area contributed by atoms with Crippen LogP contribution in [0.1, 0.15) is 30.5 Å². The van der Waals surface area contributed by atoms with E-state index in [1.807, 2.05) is 43.3 Å². The van der Waals surface area contributed by atoms with Crippen molar-refractivity contribution in [1.82, 2.24) is 15.8 Å². The second kappa shape index (κ2) is 7.88. The Kier molecular flexibility index (Phi) is 5.16. The Morgan fingerprint density at radius 1 is 1.06 bits per heavy atom. The number of ether oxygens (including phenoxy) is 1. The van der Waals surface area contributed by atoms with Gasteiger partial charge in [0.1, 0.15) is 11.8 Å². The predicted molar refractivity (Wildman–Crippen MR) is 119 cm³/mol. The SMILES string of the molecule is CCOCCCN1C(=O)C2NNC(c3ccccc3O)C2C12C(=O)N(C)c1ccccc12. The summed E-state index contributed by atoms with van der Waals surface area (Å²) in [6.07, 6.45) is 0.634. The van der Waals surface area contributed by atoms with Gasteiger partial charge in [0.15, 0.2) is 5.54 Å². The first kappa shape index (κ1) is 20.9. The Balaban J connectivity index is 1.66. The first-order chi connectivity index (χ1) is 15.5. The molecular weight excluding hydrogens is 408 g/mol. The van der Waals surface area contributed by atoms with Crippen molar-refractivity contribution in [3.63, 3.8) is 0 Å². The van der Waals surface area contributed by atoms with Crippen LogP contribution in [0.2, 0.25) is 0 Å². The fraction of sp³-hybridized carbons (Fsp3) is 0.417. The molecule has 3 N–H and O–H groups in total. The molecule has 3 heterocycles. The van der Waals surface area contributed by atoms with Crippen LogP contribution < -0.4 is 15.8 Å². The molecule has 0 aromatic heterocycles. The number of nitrogens with zero attached hydrogens (tertiary/aromatic N) is 2. The van der Waals surface area contributed by atoms with Crippen molar-refractivity contribution in [2.45, 2.75) is 31.0 Å². The Morgan fingerprint density at radius 2 is 1.78 bits per heavy atom. The molecule has 2 amide bonds. The van der Waals surface area contributed by atoms with E-state index >= 15 is 0 Å². The number of likely N-dealkylation sites (N-methyl/N-ethyl adjacent to an activating group) is 1. The van der Waals surface area contributed by atoms with Gasteiger partial charge in [0.2, 0.25) is 5.91 Å². The van der Waals surface area contributed by atoms with E-state index in [2.05, 4.69) is 10.9 Å². The smallest absolute Gasteiger partial charge is 0.257 e. The van der Waals surface area contributed by atoms with Gasteiger partial charge >= 0.3 is 0 Å². The molecule has 1 spiro atoms. The molecule has 3 aliphatic rings. The molecule has 0 bridgehead atoms. The molecule has 4 atom stereocenters. The number of anilines is 1. The summed E-state index contributed by atoms with van der Waals surface area (Å²) in [6, 6.07) is 13.7. The summed E-state index contributed by atoms with van der Waals surface area (Å²) < 4.78 is 5.50. The lowest BCUT2D eigenvalue weighted by molar-refractivity contribution is -0.142. The van der Waals surface area contributed by atoms with Crippen molar-refractivity contribution in [3.8, 4) is 5.75 Å². The van der Waals surface area contributed by atoms with Crippen LogP contribution in [0.4, 0.5) is 5.69 Å². The van der Waals surface area contributed by atoms with Crippen LogP contribution in [0, 0.1) is 5.92 Å². The van der Waals surface area contributed by atoms with Crippen LogP contribution in [-0.2, 0) is 19.9 Å². The molecule has 2 aromatic rings. The highest BCUT2D eigenvalue weighted by atomic mass is 16.5. The molecule has 4 unspecified atom stereocenters. The van der Waals surface area contributed by atoms with Gasteiger partial charge in [0.25, 0.3) is 5.91 Å². The summed E-state index contributed by atoms with van der Waals surface area (Å²) in [5, 5.41) is 10.6. The fourth-order valence-electron chi connectivity index (χ4n) is 5.70. The topological polar surface area (TPSA) is 94.1 Å². The number of amides is 2. The lowest BCUT2D eigenvalue weighted by Gasteiger charge is -2.39. The number of phenolic OH excluding ortho intramolecular Hbond substituents is 1. The second-order valence-electron chi connectivity index (χ2n) is 8.52. The first-order valence-electron chi connectivity index (χ1n) is 11.1. The normalized spacial score (nSPS) is 28.6. The zero-order chi connectivity index (χ0) is 22.5. The maximum atomic E-state index is 14.0. The summed E-state index contributed by atoms with van der Waals surface area (Å²) in [4.78, 5) is 31.1. The fourth-order valence-corrected chi connectivity index (χ4v) is 5.70. The number of likely N-dealkylation sites (tertiary alicyclic amines) is 1. The molecule has 8 heteroatoms. The predicted octanol–water partition coefficient (Wildman–Crippen LogP) is 1.67. The third-order valence-corrected chi connectivity index (χ3v) is 7.01. The highest BCUT2D eigenvalue weighted by Gasteiger charge is 2.71. The quantitative estimate of drug-likeness (QED) is 0.597. The standard InChI is InChI=1S/C24H28N4O4/c1-3-32-14-8-13-28-22(30)21-19(20(25-26-21)15-9-4-7-12-18(15)29)24(28)16-10-5-6-11-17(16)27(2)23(24)31/h4-7,9-12,19-21,25-26,29H,3,8,13-14H2,1-2H3. The minimum atomic E-state index is -1.16. The molecule has 32 heavy (non-hydrogen) atoms. The number of para-hydroxylation sites is 2. The van der Waals surface area contributed by atoms with Crippen LogP contribution in [0.25, 0.3) is 0 Å². The molecule has 0 saturated carbocycles. The summed E-state index contributed by atoms with van der Waals surface area (Å²) in [6.45, 7) is 3.47. The van der Waals surface area contributed by atoms with Crippen LogP contribution in [0.5, 0.6) is 5.75 Å². The van der Waals surface area contributed by atoms with Crippen LogP contribution in [-0.4, -0.2) is 54.7 Å². The monoisotopic (exact) mass is 436 g/mol. The van der Waals surface area contributed by atoms with Gasteiger partial charge < -0.3 is 19.6 Å². The van der Waals surface area contributed by atoms with Crippen LogP contribution in [0.3, 0.4) is 0 Å². The number of fused-ring (bicyclic) bond motifs is 4. The number of hydrogen-bond acceptors (Lipinski definition) is 6. The number of carbonyl (C=O) groups is 2. The molecule has 2 aromatic carbocycles. The Morgan fingerprint density at radius 3 is 2.56 bits per heavy atom. The number of hydrazine groups is 1. The number of nitrogens with one attached hydrogen (secondary N) is 2. The summed E-state index contributed by atoms with van der Waals surface area (Å²) in [5.74, 6) is -0.539. The second-order valence-corrected chi connectivity index (χ2v) is 8.52. The molecule has 2 saturated heterocycles. The maximum Gasteiger partial charge on any atom is 0.257 e. The maximum absolute atomic E-state index is 14.0. The number of aromatic hydroxyl groups is 1. The van der Waals surface area contributed by atoms with E-state index in [0.717, 1.165) is 11.3 Å². The van der Waals surface area contributed by atoms with E-state index in [9.17, 15) is 14.7 Å². The van der Waals surface area contributed by atoms with Gasteiger partial charge in [-0.3, -0.25) is 9.59 Å². The summed E-state index contributed by atoms with van der Waals surface area (Å²) >= 11 is 0. The Bertz CT molecular complexity index is 1060. The number of carbonyl (C=O) groups excluding carboxylic acids is 2. The number of phenols is 1. The van der Waals surface area contributed by atoms with Gasteiger partial charge in [-0.1, -0.05) is 36.4 Å². The number of hydrogen-bond donors (Lipinski definition) is 3. The Labute approximate surface area is 187 Å². The van der Waals surface area contributed by atoms with E-state index in [1.54, 1.807) is 29.0 Å². The van der Waals surface area contributed by atoms with Crippen molar-refractivity contribution in [2.24, 2.45) is 5.92 Å². The average molecular weight is 437 g/mol. The number of rotatable bonds is 6. The van der Waals surface area contributed by atoms with Gasteiger partial charge in [-0.25, -0.2) is 10.9 Å². The van der Waals surface area contributed by atoms with E-state index in [-0.39, 0.29) is 17.6 Å². The Hall–Kier alpha value is -2.94. The van der Waals surface area contributed by atoms with Crippen molar-refractivity contribution < 1.29 is 19.4 Å². The zero-order valence-corrected chi connectivity index (χ0v) is 18.2.